The van der Waals surface area contributed by atoms with Crippen LogP contribution in [-0.4, -0.2) is 52.9 Å². The van der Waals surface area contributed by atoms with Gasteiger partial charge < -0.3 is 14.9 Å². The molecule has 0 radical (unpaired) electrons. The second-order valence-electron chi connectivity index (χ2n) is 6.86. The van der Waals surface area contributed by atoms with Gasteiger partial charge in [-0.1, -0.05) is 29.8 Å². The summed E-state index contributed by atoms with van der Waals surface area (Å²) in [5.41, 5.74) is 0.654. The van der Waals surface area contributed by atoms with Gasteiger partial charge in [-0.05, 0) is 30.5 Å². The van der Waals surface area contributed by atoms with Crippen molar-refractivity contribution in [1.82, 2.24) is 9.80 Å². The van der Waals surface area contributed by atoms with E-state index in [1.54, 1.807) is 11.0 Å². The van der Waals surface area contributed by atoms with Crippen LogP contribution in [-0.2, 0) is 16.0 Å². The number of carbonyl (C=O) groups excluding carboxylic acids is 2. The van der Waals surface area contributed by atoms with Gasteiger partial charge >= 0.3 is 0 Å². The van der Waals surface area contributed by atoms with Crippen molar-refractivity contribution in [3.05, 3.63) is 40.4 Å². The third-order valence-corrected chi connectivity index (χ3v) is 5.78. The van der Waals surface area contributed by atoms with E-state index >= 15 is 0 Å². The summed E-state index contributed by atoms with van der Waals surface area (Å²) in [5, 5.41) is 10.6. The number of phenolic OH excluding ortho intramolecular Hbond substituents is 1. The Morgan fingerprint density at radius 1 is 1.20 bits per heavy atom. The van der Waals surface area contributed by atoms with Crippen LogP contribution < -0.4 is 0 Å². The van der Waals surface area contributed by atoms with Crippen molar-refractivity contribution in [3.8, 4) is 5.75 Å². The van der Waals surface area contributed by atoms with Crippen molar-refractivity contribution in [1.29, 1.82) is 0 Å². The molecule has 1 aromatic rings. The molecular formula is C18H20Cl2N2O3. The van der Waals surface area contributed by atoms with Gasteiger partial charge in [0.2, 0.25) is 11.8 Å². The topological polar surface area (TPSA) is 60.9 Å². The van der Waals surface area contributed by atoms with Crippen molar-refractivity contribution >= 4 is 35.0 Å². The second kappa shape index (κ2) is 6.89. The van der Waals surface area contributed by atoms with E-state index in [1.807, 2.05) is 4.90 Å². The number of hydrogen-bond donors (Lipinski definition) is 1. The number of aromatic hydroxyl groups is 1. The first-order valence-electron chi connectivity index (χ1n) is 8.19. The van der Waals surface area contributed by atoms with E-state index in [4.69, 9.17) is 23.2 Å². The molecule has 1 N–H and O–H groups in total. The minimum atomic E-state index is -0.0447. The lowest BCUT2D eigenvalue weighted by Crippen LogP contribution is -2.59. The Bertz CT molecular complexity index is 729. The van der Waals surface area contributed by atoms with Gasteiger partial charge in [0.25, 0.3) is 0 Å². The number of nitrogens with zero attached hydrogens (tertiary/aromatic N) is 2. The van der Waals surface area contributed by atoms with E-state index in [2.05, 4.69) is 6.58 Å². The summed E-state index contributed by atoms with van der Waals surface area (Å²) >= 11 is 11.8. The number of phenols is 1. The molecule has 1 spiro atoms. The van der Waals surface area contributed by atoms with Crippen LogP contribution in [0.4, 0.5) is 0 Å². The van der Waals surface area contributed by atoms with Crippen LogP contribution in [0.15, 0.2) is 24.8 Å². The molecule has 2 fully saturated rings. The van der Waals surface area contributed by atoms with Gasteiger partial charge in [-0.2, -0.15) is 0 Å². The van der Waals surface area contributed by atoms with Crippen LogP contribution in [0.25, 0.3) is 0 Å². The Morgan fingerprint density at radius 3 is 2.52 bits per heavy atom. The van der Waals surface area contributed by atoms with Gasteiger partial charge in [0, 0.05) is 44.1 Å². The fourth-order valence-corrected chi connectivity index (χ4v) is 3.97. The molecule has 1 aromatic carbocycles. The highest BCUT2D eigenvalue weighted by atomic mass is 35.5. The molecule has 2 aliphatic rings. The monoisotopic (exact) mass is 382 g/mol. The lowest BCUT2D eigenvalue weighted by Gasteiger charge is -2.48. The van der Waals surface area contributed by atoms with Crippen molar-refractivity contribution in [2.75, 3.05) is 26.2 Å². The molecule has 2 saturated heterocycles. The molecule has 0 aliphatic carbocycles. The molecule has 5 nitrogen and oxygen atoms in total. The molecule has 7 heteroatoms. The van der Waals surface area contributed by atoms with Crippen molar-refractivity contribution in [3.63, 3.8) is 0 Å². The minimum absolute atomic E-state index is 0.0417. The Hall–Kier alpha value is -1.72. The zero-order valence-corrected chi connectivity index (χ0v) is 15.3. The Kier molecular flexibility index (Phi) is 4.98. The molecule has 0 unspecified atom stereocenters. The number of benzene rings is 1. The number of rotatable bonds is 4. The summed E-state index contributed by atoms with van der Waals surface area (Å²) in [5.74, 6) is 0.0537. The molecular weight excluding hydrogens is 363 g/mol. The standard InChI is InChI=1S/C18H20Cl2N2O3/c1-2-16(24)21-6-5-18(9-21)10-22(11-18)17(25)4-3-12-7-13(19)14(20)8-15(12)23/h2,7-8,23H,1,3-6,9-11H2. The van der Waals surface area contributed by atoms with Gasteiger partial charge in [0.15, 0.2) is 0 Å². The predicted molar refractivity (Wildman–Crippen MR) is 96.9 cm³/mol. The van der Waals surface area contributed by atoms with E-state index in [0.29, 0.717) is 48.1 Å². The number of amides is 2. The molecule has 2 aliphatic heterocycles. The molecule has 3 rings (SSSR count). The van der Waals surface area contributed by atoms with E-state index in [-0.39, 0.29) is 23.0 Å². The van der Waals surface area contributed by atoms with E-state index in [0.717, 1.165) is 13.0 Å². The first kappa shape index (κ1) is 18.1. The highest BCUT2D eigenvalue weighted by Gasteiger charge is 2.49. The summed E-state index contributed by atoms with van der Waals surface area (Å²) in [6, 6.07) is 2.99. The fourth-order valence-electron chi connectivity index (χ4n) is 3.63. The molecule has 25 heavy (non-hydrogen) atoms. The third kappa shape index (κ3) is 3.62. The van der Waals surface area contributed by atoms with Crippen molar-refractivity contribution in [2.45, 2.75) is 19.3 Å². The zero-order chi connectivity index (χ0) is 18.2. The van der Waals surface area contributed by atoms with E-state index < -0.39 is 0 Å². The maximum Gasteiger partial charge on any atom is 0.245 e. The molecule has 2 amide bonds. The Labute approximate surface area is 156 Å². The van der Waals surface area contributed by atoms with Crippen LogP contribution in [0.5, 0.6) is 5.75 Å². The lowest BCUT2D eigenvalue weighted by molar-refractivity contribution is -0.143. The quantitative estimate of drug-likeness (QED) is 0.814. The average molecular weight is 383 g/mol. The summed E-state index contributed by atoms with van der Waals surface area (Å²) < 4.78 is 0. The van der Waals surface area contributed by atoms with Crippen molar-refractivity contribution < 1.29 is 14.7 Å². The number of halogens is 2. The maximum atomic E-state index is 12.4. The van der Waals surface area contributed by atoms with Crippen LogP contribution >= 0.6 is 23.2 Å². The van der Waals surface area contributed by atoms with Crippen LogP contribution in [0.1, 0.15) is 18.4 Å². The molecule has 2 heterocycles. The largest absolute Gasteiger partial charge is 0.508 e. The summed E-state index contributed by atoms with van der Waals surface area (Å²) in [6.07, 6.45) is 2.97. The van der Waals surface area contributed by atoms with E-state index in [9.17, 15) is 14.7 Å². The number of carbonyl (C=O) groups is 2. The first-order valence-corrected chi connectivity index (χ1v) is 8.95. The zero-order valence-electron chi connectivity index (χ0n) is 13.8. The van der Waals surface area contributed by atoms with Crippen LogP contribution in [0.3, 0.4) is 0 Å². The Balaban J connectivity index is 1.51. The lowest BCUT2D eigenvalue weighted by atomic mass is 9.79. The molecule has 0 aromatic heterocycles. The predicted octanol–water partition coefficient (Wildman–Crippen LogP) is 2.88. The van der Waals surface area contributed by atoms with Gasteiger partial charge in [-0.15, -0.1) is 0 Å². The summed E-state index contributed by atoms with van der Waals surface area (Å²) in [6.45, 7) is 6.30. The number of hydrogen-bond acceptors (Lipinski definition) is 3. The highest BCUT2D eigenvalue weighted by Crippen LogP contribution is 2.40. The van der Waals surface area contributed by atoms with Crippen LogP contribution in [0, 0.1) is 5.41 Å². The Morgan fingerprint density at radius 2 is 1.84 bits per heavy atom. The van der Waals surface area contributed by atoms with Crippen molar-refractivity contribution in [2.24, 2.45) is 5.41 Å². The number of likely N-dealkylation sites (tertiary alicyclic amines) is 2. The van der Waals surface area contributed by atoms with Gasteiger partial charge in [-0.25, -0.2) is 0 Å². The first-order chi connectivity index (χ1) is 11.8. The third-order valence-electron chi connectivity index (χ3n) is 5.06. The maximum absolute atomic E-state index is 12.4. The van der Waals surface area contributed by atoms with Crippen LogP contribution in [0.2, 0.25) is 10.0 Å². The second-order valence-corrected chi connectivity index (χ2v) is 7.67. The fraction of sp³-hybridized carbons (Fsp3) is 0.444. The van der Waals surface area contributed by atoms with Gasteiger partial charge in [-0.3, -0.25) is 9.59 Å². The van der Waals surface area contributed by atoms with E-state index in [1.165, 1.54) is 12.1 Å². The minimum Gasteiger partial charge on any atom is -0.508 e. The molecule has 0 atom stereocenters. The normalized spacial score (nSPS) is 18.3. The molecule has 0 bridgehead atoms. The summed E-state index contributed by atoms with van der Waals surface area (Å²) in [7, 11) is 0. The highest BCUT2D eigenvalue weighted by molar-refractivity contribution is 6.42. The molecule has 0 saturated carbocycles. The van der Waals surface area contributed by atoms with Gasteiger partial charge in [0.1, 0.15) is 5.75 Å². The smallest absolute Gasteiger partial charge is 0.245 e. The SMILES string of the molecule is C=CC(=O)N1CCC2(C1)CN(C(=O)CCc1cc(Cl)c(Cl)cc1O)C2. The van der Waals surface area contributed by atoms with Gasteiger partial charge in [0.05, 0.1) is 10.0 Å². The summed E-state index contributed by atoms with van der Waals surface area (Å²) in [4.78, 5) is 27.7. The number of aryl methyl sites for hydroxylation is 1. The molecule has 134 valence electrons. The average Bonchev–Trinajstić information content (AvgIpc) is 3.00.